The molecule has 116 valence electrons. The Morgan fingerprint density at radius 3 is 2.77 bits per heavy atom. The minimum absolute atomic E-state index is 0. The van der Waals surface area contributed by atoms with Gasteiger partial charge >= 0.3 is 43.7 Å². The van der Waals surface area contributed by atoms with Crippen molar-refractivity contribution >= 4 is 61.3 Å². The van der Waals surface area contributed by atoms with Gasteiger partial charge in [-0.05, 0) is 43.4 Å². The van der Waals surface area contributed by atoms with Crippen LogP contribution in [-0.2, 0) is 4.79 Å². The summed E-state index contributed by atoms with van der Waals surface area (Å²) in [5.74, 6) is 0.562. The fourth-order valence-corrected chi connectivity index (χ4v) is 4.76. The number of carbonyl (C=O) groups excluding carboxylic acids is 1. The molecule has 3 rings (SSSR count). The van der Waals surface area contributed by atoms with Crippen molar-refractivity contribution in [1.82, 2.24) is 0 Å². The van der Waals surface area contributed by atoms with Crippen molar-refractivity contribution < 1.29 is 14.7 Å². The zero-order valence-corrected chi connectivity index (χ0v) is 13.0. The molecular weight excluding hydrogens is 324 g/mol. The number of aliphatic carboxylic acids is 1. The van der Waals surface area contributed by atoms with Gasteiger partial charge in [0.25, 0.3) is 0 Å². The van der Waals surface area contributed by atoms with Gasteiger partial charge in [-0.3, -0.25) is 9.59 Å². The molecule has 0 radical (unpaired) electrons. The number of rotatable bonds is 2. The molecule has 1 aliphatic carbocycles. The average Bonchev–Trinajstić information content (AvgIpc) is 2.64. The quantitative estimate of drug-likeness (QED) is 0.836. The van der Waals surface area contributed by atoms with Gasteiger partial charge in [0.1, 0.15) is 0 Å². The molecular formula is C17H22CaO3S. The zero-order valence-electron chi connectivity index (χ0n) is 12.2. The van der Waals surface area contributed by atoms with Crippen LogP contribution in [0.1, 0.15) is 54.4 Å². The van der Waals surface area contributed by atoms with Crippen LogP contribution in [0.25, 0.3) is 0 Å². The Kier molecular flexibility index (Phi) is 6.40. The van der Waals surface area contributed by atoms with Crippen LogP contribution in [-0.4, -0.2) is 60.4 Å². The first-order valence-electron chi connectivity index (χ1n) is 7.61. The molecule has 1 aliphatic heterocycles. The number of ketones is 1. The van der Waals surface area contributed by atoms with E-state index in [2.05, 4.69) is 0 Å². The number of carbonyl (C=O) groups is 2. The van der Waals surface area contributed by atoms with Gasteiger partial charge in [-0.1, -0.05) is 18.9 Å². The Balaban J connectivity index is 0.00000176. The van der Waals surface area contributed by atoms with E-state index in [-0.39, 0.29) is 49.4 Å². The van der Waals surface area contributed by atoms with E-state index in [9.17, 15) is 9.59 Å². The van der Waals surface area contributed by atoms with Crippen molar-refractivity contribution in [2.45, 2.75) is 43.4 Å². The van der Waals surface area contributed by atoms with Crippen molar-refractivity contribution in [3.8, 4) is 0 Å². The molecule has 1 aromatic carbocycles. The second-order valence-corrected chi connectivity index (χ2v) is 7.20. The van der Waals surface area contributed by atoms with Crippen LogP contribution >= 0.6 is 11.8 Å². The van der Waals surface area contributed by atoms with E-state index >= 15 is 0 Å². The van der Waals surface area contributed by atoms with E-state index in [0.29, 0.717) is 5.92 Å². The Morgan fingerprint density at radius 1 is 1.32 bits per heavy atom. The maximum atomic E-state index is 12.8. The van der Waals surface area contributed by atoms with E-state index < -0.39 is 11.9 Å². The molecule has 0 saturated heterocycles. The monoisotopic (exact) mass is 346 g/mol. The predicted molar refractivity (Wildman–Crippen MR) is 91.5 cm³/mol. The Bertz CT molecular complexity index is 587. The fourth-order valence-electron chi connectivity index (χ4n) is 3.42. The van der Waals surface area contributed by atoms with Gasteiger partial charge in [-0.2, -0.15) is 0 Å². The zero-order chi connectivity index (χ0) is 15.0. The third kappa shape index (κ3) is 3.55. The molecule has 22 heavy (non-hydrogen) atoms. The molecule has 5 heteroatoms. The van der Waals surface area contributed by atoms with Crippen LogP contribution < -0.4 is 0 Å². The summed E-state index contributed by atoms with van der Waals surface area (Å²) in [6, 6.07) is 5.56. The molecule has 1 heterocycles. The first kappa shape index (κ1) is 18.3. The Morgan fingerprint density at radius 2 is 2.05 bits per heavy atom. The van der Waals surface area contributed by atoms with Crippen molar-refractivity contribution in [1.29, 1.82) is 0 Å². The molecule has 1 saturated carbocycles. The van der Waals surface area contributed by atoms with Gasteiger partial charge in [0.05, 0.1) is 5.92 Å². The van der Waals surface area contributed by atoms with Gasteiger partial charge in [-0.25, -0.2) is 0 Å². The maximum absolute atomic E-state index is 12.8. The summed E-state index contributed by atoms with van der Waals surface area (Å²) in [5.41, 5.74) is 1.59. The van der Waals surface area contributed by atoms with Crippen molar-refractivity contribution in [3.05, 3.63) is 29.3 Å². The number of hydrogen-bond acceptors (Lipinski definition) is 3. The summed E-state index contributed by atoms with van der Waals surface area (Å²) in [5, 5.41) is 9.14. The summed E-state index contributed by atoms with van der Waals surface area (Å²) >= 11 is 1.73. The van der Waals surface area contributed by atoms with E-state index in [1.807, 2.05) is 12.1 Å². The molecule has 0 bridgehead atoms. The van der Waals surface area contributed by atoms with Crippen LogP contribution in [0.3, 0.4) is 0 Å². The minimum atomic E-state index is -0.825. The first-order chi connectivity index (χ1) is 10.1. The van der Waals surface area contributed by atoms with Gasteiger partial charge in [-0.15, -0.1) is 11.8 Å². The molecule has 3 unspecified atom stereocenters. The predicted octanol–water partition coefficient (Wildman–Crippen LogP) is 3.05. The summed E-state index contributed by atoms with van der Waals surface area (Å²) < 4.78 is 0. The molecule has 3 atom stereocenters. The molecule has 1 N–H and O–H groups in total. The van der Waals surface area contributed by atoms with Crippen molar-refractivity contribution in [3.63, 3.8) is 0 Å². The van der Waals surface area contributed by atoms with E-state index in [1.165, 1.54) is 6.42 Å². The van der Waals surface area contributed by atoms with E-state index in [1.54, 1.807) is 24.8 Å². The standard InChI is InChI=1S/C17H20O3S.Ca.2H/c1-10(17(19)20)11-6-7-14-15(8-11)21-9-12-4-2-3-5-13(12)16(14)18;;;/h6-8,10,12-13H,2-5,9H2,1H3,(H,19,20);;;. The van der Waals surface area contributed by atoms with Crippen LogP contribution in [0.4, 0.5) is 0 Å². The number of benzene rings is 1. The first-order valence-corrected chi connectivity index (χ1v) is 8.60. The third-order valence-electron chi connectivity index (χ3n) is 4.84. The molecule has 1 aromatic rings. The summed E-state index contributed by atoms with van der Waals surface area (Å²) in [6.45, 7) is 1.69. The van der Waals surface area contributed by atoms with Gasteiger partial charge in [0.15, 0.2) is 5.78 Å². The van der Waals surface area contributed by atoms with Crippen molar-refractivity contribution in [2.75, 3.05) is 5.75 Å². The van der Waals surface area contributed by atoms with E-state index in [4.69, 9.17) is 5.11 Å². The van der Waals surface area contributed by atoms with Gasteiger partial charge in [0, 0.05) is 22.1 Å². The normalized spacial score (nSPS) is 25.2. The average molecular weight is 347 g/mol. The molecule has 1 fully saturated rings. The van der Waals surface area contributed by atoms with Crippen molar-refractivity contribution in [2.24, 2.45) is 11.8 Å². The van der Waals surface area contributed by atoms with Crippen LogP contribution in [0.5, 0.6) is 0 Å². The van der Waals surface area contributed by atoms with Gasteiger partial charge in [0.2, 0.25) is 0 Å². The summed E-state index contributed by atoms with van der Waals surface area (Å²) in [6.07, 6.45) is 4.54. The van der Waals surface area contributed by atoms with Gasteiger partial charge < -0.3 is 5.11 Å². The molecule has 3 nitrogen and oxygen atoms in total. The Labute approximate surface area is 165 Å². The summed E-state index contributed by atoms with van der Waals surface area (Å²) in [7, 11) is 0. The van der Waals surface area contributed by atoms with Crippen LogP contribution in [0.15, 0.2) is 23.1 Å². The number of carboxylic acid groups (broad SMARTS) is 1. The molecule has 2 aliphatic rings. The fraction of sp³-hybridized carbons (Fsp3) is 0.529. The number of fused-ring (bicyclic) bond motifs is 2. The van der Waals surface area contributed by atoms with Crippen LogP contribution in [0.2, 0.25) is 0 Å². The Hall–Kier alpha value is -0.0303. The number of hydrogen-bond donors (Lipinski definition) is 1. The topological polar surface area (TPSA) is 54.4 Å². The van der Waals surface area contributed by atoms with Crippen LogP contribution in [0, 0.1) is 11.8 Å². The number of Topliss-reactive ketones (excluding diaryl/α,β-unsaturated/α-hetero) is 1. The molecule has 0 aromatic heterocycles. The van der Waals surface area contributed by atoms with E-state index in [0.717, 1.165) is 41.0 Å². The molecule has 0 amide bonds. The second kappa shape index (κ2) is 7.69. The second-order valence-electron chi connectivity index (χ2n) is 6.14. The number of thioether (sulfide) groups is 1. The SMILES string of the molecule is CC(C(=O)O)c1ccc2c(c1)SCC1CCCCC1C2=O.[CaH2]. The number of carboxylic acids is 1. The third-order valence-corrected chi connectivity index (χ3v) is 6.08. The summed E-state index contributed by atoms with van der Waals surface area (Å²) in [4.78, 5) is 24.9. The molecule has 0 spiro atoms.